The number of ether oxygens (including phenoxy) is 1. The first-order valence-electron chi connectivity index (χ1n) is 20.9. The fourth-order valence-electron chi connectivity index (χ4n) is 8.20. The zero-order chi connectivity index (χ0) is 46.6. The average molecular weight is 886 g/mol. The number of carboxylic acid groups (broad SMARTS) is 1. The molecule has 7 atom stereocenters. The first-order valence-corrected chi connectivity index (χ1v) is 20.9. The number of carbonyl (C=O) groups excluding carboxylic acids is 4. The van der Waals surface area contributed by atoms with Crippen molar-refractivity contribution in [2.24, 2.45) is 5.92 Å². The van der Waals surface area contributed by atoms with E-state index in [0.717, 1.165) is 45.1 Å². The highest BCUT2D eigenvalue weighted by Gasteiger charge is 2.41. The van der Waals surface area contributed by atoms with Crippen LogP contribution in [0.25, 0.3) is 10.9 Å². The maximum atomic E-state index is 14.3. The first kappa shape index (κ1) is 46.6. The summed E-state index contributed by atoms with van der Waals surface area (Å²) in [6.07, 6.45) is 1.58. The lowest BCUT2D eigenvalue weighted by Crippen LogP contribution is -2.63. The van der Waals surface area contributed by atoms with Crippen molar-refractivity contribution in [1.29, 1.82) is 0 Å². The van der Waals surface area contributed by atoms with E-state index >= 15 is 0 Å². The van der Waals surface area contributed by atoms with Gasteiger partial charge in [-0.05, 0) is 74.4 Å². The second-order valence-corrected chi connectivity index (χ2v) is 17.2. The molecule has 0 saturated carbocycles. The Morgan fingerprint density at radius 1 is 0.984 bits per heavy atom. The minimum absolute atomic E-state index is 0.0415. The number of aliphatic carboxylic acids is 1. The van der Waals surface area contributed by atoms with E-state index in [1.807, 2.05) is 52.0 Å². The van der Waals surface area contributed by atoms with Crippen molar-refractivity contribution in [3.63, 3.8) is 0 Å². The number of carbonyl (C=O) groups is 5. The molecule has 10 N–H and O–H groups in total. The number of amides is 5. The topological polar surface area (TPSA) is 289 Å². The van der Waals surface area contributed by atoms with E-state index in [4.69, 9.17) is 4.74 Å². The van der Waals surface area contributed by atoms with Gasteiger partial charge in [0.1, 0.15) is 35.7 Å². The van der Waals surface area contributed by atoms with Crippen molar-refractivity contribution in [1.82, 2.24) is 46.0 Å². The summed E-state index contributed by atoms with van der Waals surface area (Å²) >= 11 is 0. The van der Waals surface area contributed by atoms with Crippen molar-refractivity contribution < 1.29 is 44.0 Å². The van der Waals surface area contributed by atoms with Crippen LogP contribution in [0.15, 0.2) is 82.5 Å². The van der Waals surface area contributed by atoms with Crippen LogP contribution >= 0.6 is 0 Å². The van der Waals surface area contributed by atoms with Gasteiger partial charge >= 0.3 is 17.7 Å². The van der Waals surface area contributed by atoms with E-state index in [-0.39, 0.29) is 43.1 Å². The lowest BCUT2D eigenvalue weighted by molar-refractivity contribution is -0.139. The zero-order valence-corrected chi connectivity index (χ0v) is 36.3. The molecule has 342 valence electrons. The summed E-state index contributed by atoms with van der Waals surface area (Å²) in [5, 5.41) is 45.5. The Morgan fingerprint density at radius 3 is 2.41 bits per heavy atom. The molecule has 1 fully saturated rings. The van der Waals surface area contributed by atoms with E-state index in [0.29, 0.717) is 5.56 Å². The molecule has 0 bridgehead atoms. The van der Waals surface area contributed by atoms with Crippen LogP contribution in [0.3, 0.4) is 0 Å². The number of phenolic OH excluding ortho intramolecular Hbond substituents is 1. The van der Waals surface area contributed by atoms with Crippen molar-refractivity contribution in [2.45, 2.75) is 108 Å². The van der Waals surface area contributed by atoms with Crippen LogP contribution in [-0.2, 0) is 42.3 Å². The van der Waals surface area contributed by atoms with E-state index in [1.54, 1.807) is 31.3 Å². The Kier molecular flexibility index (Phi) is 14.0. The van der Waals surface area contributed by atoms with Crippen molar-refractivity contribution in [3.8, 4) is 5.75 Å². The summed E-state index contributed by atoms with van der Waals surface area (Å²) in [6.45, 7) is 8.97. The molecule has 1 saturated heterocycles. The number of carboxylic acids is 1. The Bertz CT molecular complexity index is 2560. The molecular weight excluding hydrogens is 831 g/mol. The molecule has 2 aliphatic rings. The number of H-pyrrole nitrogens is 2. The molecule has 0 radical (unpaired) electrons. The van der Waals surface area contributed by atoms with Crippen LogP contribution in [-0.4, -0.2) is 108 Å². The third-order valence-electron chi connectivity index (χ3n) is 11.6. The highest BCUT2D eigenvalue weighted by molar-refractivity contribution is 5.94. The number of likely N-dealkylation sites (N-methyl/N-ethyl adjacent to an activating group) is 1. The van der Waals surface area contributed by atoms with Gasteiger partial charge in [0, 0.05) is 61.0 Å². The molecule has 5 amide bonds. The number of aromatic nitrogens is 3. The summed E-state index contributed by atoms with van der Waals surface area (Å²) in [4.78, 5) is 99.0. The van der Waals surface area contributed by atoms with Gasteiger partial charge in [-0.3, -0.25) is 34.0 Å². The molecule has 4 heterocycles. The molecule has 2 aliphatic heterocycles. The number of urea groups is 1. The fraction of sp³-hybridized carbons (Fsp3) is 0.432. The molecule has 20 nitrogen and oxygen atoms in total. The number of aromatic amines is 2. The number of fused-ring (bicyclic) bond motifs is 2. The highest BCUT2D eigenvalue weighted by atomic mass is 16.5. The monoisotopic (exact) mass is 885 g/mol. The summed E-state index contributed by atoms with van der Waals surface area (Å²) in [7, 11) is 1.48. The molecule has 2 aromatic heterocycles. The number of aromatic hydroxyl groups is 1. The third kappa shape index (κ3) is 10.6. The van der Waals surface area contributed by atoms with Gasteiger partial charge in [0.2, 0.25) is 23.9 Å². The summed E-state index contributed by atoms with van der Waals surface area (Å²) in [5.41, 5.74) is 0.948. The second-order valence-electron chi connectivity index (χ2n) is 17.2. The number of rotatable bonds is 15. The van der Waals surface area contributed by atoms with Crippen LogP contribution < -0.4 is 37.8 Å². The van der Waals surface area contributed by atoms with E-state index in [1.165, 1.54) is 11.9 Å². The minimum Gasteiger partial charge on any atom is -0.508 e. The Hall–Kier alpha value is -6.93. The number of benzene rings is 2. The number of hydrogen-bond acceptors (Lipinski definition) is 11. The van der Waals surface area contributed by atoms with Gasteiger partial charge in [0.05, 0.1) is 12.1 Å². The lowest BCUT2D eigenvalue weighted by Gasteiger charge is -2.41. The summed E-state index contributed by atoms with van der Waals surface area (Å²) < 4.78 is 6.75. The Balaban J connectivity index is 1.22. The Morgan fingerprint density at radius 2 is 1.70 bits per heavy atom. The van der Waals surface area contributed by atoms with Crippen LogP contribution in [0, 0.1) is 5.92 Å². The summed E-state index contributed by atoms with van der Waals surface area (Å²) in [6, 6.07) is 6.43. The minimum atomic E-state index is -1.48. The molecule has 64 heavy (non-hydrogen) atoms. The summed E-state index contributed by atoms with van der Waals surface area (Å²) in [5.74, 6) is -3.43. The SMILES string of the molecule is CC(C)C[C@H](NC(=O)N[C@@H](Cc1c[nH]c2ccccc12)C(=O)O)C(=O)N[C@H](C(=O)NC=C1C[C@H](O)[C@@H](n2ccc(=O)[nH]c2=O)O1)[C@H](C)N(C)C(=O)[C@H]1Cc2cc(O)ccc2C(C)(C)N1. The number of para-hydroxylation sites is 1. The Labute approximate surface area is 367 Å². The number of aliphatic hydroxyl groups excluding tert-OH is 1. The predicted molar refractivity (Wildman–Crippen MR) is 233 cm³/mol. The van der Waals surface area contributed by atoms with Gasteiger partial charge in [0.25, 0.3) is 5.56 Å². The number of phenols is 1. The molecular formula is C44H55N9O11. The van der Waals surface area contributed by atoms with Crippen LogP contribution in [0.5, 0.6) is 5.75 Å². The highest BCUT2D eigenvalue weighted by Crippen LogP contribution is 2.33. The molecule has 0 spiro atoms. The molecule has 6 rings (SSSR count). The quantitative estimate of drug-likeness (QED) is 0.0805. The van der Waals surface area contributed by atoms with E-state index in [2.05, 4.69) is 36.6 Å². The van der Waals surface area contributed by atoms with E-state index in [9.17, 15) is 48.9 Å². The standard InChI is InChI=1S/C44H55N9O11/c1-22(2)15-31(47-42(62)48-33(41(60)61)18-25-20-45-30-10-8-7-9-28(25)30)37(57)50-36(38(58)46-21-27-19-34(55)40(64-27)53-14-13-35(56)49-43(53)63)23(3)52(6)39(59)32-17-24-16-26(54)11-12-29(24)44(4,5)51-32/h7-14,16,20-23,31-34,36,40,45,51,54-55H,15,17-19H2,1-6H3,(H,46,58)(H,50,57)(H,60,61)(H2,47,48,62)(H,49,56,63)/t23-,31-,32+,33-,34-,36-,40-/m0/s1. The second kappa shape index (κ2) is 19.2. The van der Waals surface area contributed by atoms with Crippen molar-refractivity contribution in [2.75, 3.05) is 7.05 Å². The first-order chi connectivity index (χ1) is 30.2. The van der Waals surface area contributed by atoms with Crippen molar-refractivity contribution in [3.05, 3.63) is 110 Å². The maximum Gasteiger partial charge on any atom is 0.331 e. The maximum absolute atomic E-state index is 14.3. The van der Waals surface area contributed by atoms with Crippen LogP contribution in [0.4, 0.5) is 4.79 Å². The van der Waals surface area contributed by atoms with Gasteiger partial charge in [-0.15, -0.1) is 0 Å². The molecule has 0 aliphatic carbocycles. The number of nitrogens with zero attached hydrogens (tertiary/aromatic N) is 2. The lowest BCUT2D eigenvalue weighted by atomic mass is 9.82. The average Bonchev–Trinajstić information content (AvgIpc) is 3.81. The van der Waals surface area contributed by atoms with Crippen molar-refractivity contribution >= 4 is 40.6 Å². The fourth-order valence-corrected chi connectivity index (χ4v) is 8.20. The third-order valence-corrected chi connectivity index (χ3v) is 11.6. The predicted octanol–water partition coefficient (Wildman–Crippen LogP) is 1.15. The molecule has 2 aromatic carbocycles. The molecule has 4 aromatic rings. The van der Waals surface area contributed by atoms with Gasteiger partial charge in [0.15, 0.2) is 0 Å². The van der Waals surface area contributed by atoms with Gasteiger partial charge in [-0.25, -0.2) is 14.4 Å². The normalized spacial score (nSPS) is 20.3. The number of hydrogen-bond donors (Lipinski definition) is 10. The smallest absolute Gasteiger partial charge is 0.331 e. The number of aliphatic hydroxyl groups is 1. The van der Waals surface area contributed by atoms with Crippen LogP contribution in [0.1, 0.15) is 70.4 Å². The zero-order valence-electron chi connectivity index (χ0n) is 36.3. The number of nitrogens with one attached hydrogen (secondary N) is 7. The van der Waals surface area contributed by atoms with Crippen LogP contribution in [0.2, 0.25) is 0 Å². The van der Waals surface area contributed by atoms with Gasteiger partial charge < -0.3 is 51.2 Å². The molecule has 0 unspecified atom stereocenters. The largest absolute Gasteiger partial charge is 0.508 e. The van der Waals surface area contributed by atoms with Gasteiger partial charge in [-0.1, -0.05) is 38.1 Å². The van der Waals surface area contributed by atoms with E-state index < -0.39 is 89.1 Å². The molecule has 20 heteroatoms. The van der Waals surface area contributed by atoms with Gasteiger partial charge in [-0.2, -0.15) is 0 Å².